The fourth-order valence-electron chi connectivity index (χ4n) is 3.18. The van der Waals surface area contributed by atoms with Crippen molar-refractivity contribution in [2.45, 2.75) is 59.5 Å². The Morgan fingerprint density at radius 1 is 1.10 bits per heavy atom. The highest BCUT2D eigenvalue weighted by molar-refractivity contribution is 6.31. The number of hydrogen-bond acceptors (Lipinski definition) is 2. The fraction of sp³-hybridized carbons (Fsp3) is 0.417. The molecule has 1 N–H and O–H groups in total. The zero-order valence-corrected chi connectivity index (χ0v) is 18.6. The van der Waals surface area contributed by atoms with Crippen molar-refractivity contribution in [2.75, 3.05) is 6.54 Å². The number of aryl methyl sites for hydroxylation is 2. The number of carbonyl (C=O) groups is 2. The maximum absolute atomic E-state index is 13.3. The van der Waals surface area contributed by atoms with E-state index in [0.717, 1.165) is 35.1 Å². The lowest BCUT2D eigenvalue weighted by molar-refractivity contribution is -0.140. The molecule has 1 atom stereocenters. The van der Waals surface area contributed by atoms with Crippen LogP contribution in [0.1, 0.15) is 48.9 Å². The third-order valence-electron chi connectivity index (χ3n) is 5.14. The van der Waals surface area contributed by atoms with Gasteiger partial charge in [0.05, 0.1) is 6.42 Å². The van der Waals surface area contributed by atoms with Gasteiger partial charge in [-0.1, -0.05) is 66.9 Å². The monoisotopic (exact) mass is 414 g/mol. The lowest BCUT2D eigenvalue weighted by atomic mass is 10.0. The summed E-state index contributed by atoms with van der Waals surface area (Å²) in [5.74, 6) is -0.225. The van der Waals surface area contributed by atoms with Gasteiger partial charge in [0.2, 0.25) is 11.8 Å². The van der Waals surface area contributed by atoms with Crippen LogP contribution in [0.3, 0.4) is 0 Å². The summed E-state index contributed by atoms with van der Waals surface area (Å²) in [6, 6.07) is 13.0. The Balaban J connectivity index is 2.25. The highest BCUT2D eigenvalue weighted by atomic mass is 35.5. The van der Waals surface area contributed by atoms with Gasteiger partial charge in [0.25, 0.3) is 0 Å². The molecule has 2 rings (SSSR count). The molecule has 0 spiro atoms. The molecule has 0 saturated heterocycles. The van der Waals surface area contributed by atoms with Gasteiger partial charge in [-0.25, -0.2) is 0 Å². The van der Waals surface area contributed by atoms with Crippen molar-refractivity contribution in [3.05, 3.63) is 69.7 Å². The van der Waals surface area contributed by atoms with Crippen LogP contribution in [-0.4, -0.2) is 29.3 Å². The van der Waals surface area contributed by atoms with E-state index in [1.807, 2.05) is 50.2 Å². The Labute approximate surface area is 179 Å². The first-order valence-electron chi connectivity index (χ1n) is 10.2. The van der Waals surface area contributed by atoms with Crippen molar-refractivity contribution in [3.8, 4) is 0 Å². The van der Waals surface area contributed by atoms with Gasteiger partial charge in [-0.05, 0) is 49.9 Å². The summed E-state index contributed by atoms with van der Waals surface area (Å²) in [5, 5.41) is 3.53. The van der Waals surface area contributed by atoms with Crippen molar-refractivity contribution in [1.29, 1.82) is 0 Å². The summed E-state index contributed by atoms with van der Waals surface area (Å²) in [7, 11) is 0. The number of halogens is 1. The maximum atomic E-state index is 13.3. The highest BCUT2D eigenvalue weighted by Crippen LogP contribution is 2.20. The van der Waals surface area contributed by atoms with Gasteiger partial charge in [-0.3, -0.25) is 9.59 Å². The van der Waals surface area contributed by atoms with Gasteiger partial charge in [-0.2, -0.15) is 0 Å². The summed E-state index contributed by atoms with van der Waals surface area (Å²) in [4.78, 5) is 27.6. The number of rotatable bonds is 9. The molecule has 0 saturated carbocycles. The first-order chi connectivity index (χ1) is 13.8. The first kappa shape index (κ1) is 23.0. The molecule has 29 heavy (non-hydrogen) atoms. The first-order valence-corrected chi connectivity index (χ1v) is 10.6. The average molecular weight is 415 g/mol. The quantitative estimate of drug-likeness (QED) is 0.597. The maximum Gasteiger partial charge on any atom is 0.242 e. The van der Waals surface area contributed by atoms with Gasteiger partial charge in [0, 0.05) is 18.1 Å². The molecule has 0 bridgehead atoms. The van der Waals surface area contributed by atoms with Gasteiger partial charge in [0.1, 0.15) is 6.04 Å². The lowest BCUT2D eigenvalue weighted by Gasteiger charge is -2.29. The van der Waals surface area contributed by atoms with Crippen molar-refractivity contribution in [2.24, 2.45) is 0 Å². The van der Waals surface area contributed by atoms with Crippen molar-refractivity contribution < 1.29 is 9.59 Å². The molecule has 2 aromatic rings. The van der Waals surface area contributed by atoms with Crippen LogP contribution in [0.2, 0.25) is 5.02 Å². The number of carbonyl (C=O) groups excluding carboxylic acids is 2. The second-order valence-corrected chi connectivity index (χ2v) is 7.95. The predicted octanol–water partition coefficient (Wildman–Crippen LogP) is 4.83. The summed E-state index contributed by atoms with van der Waals surface area (Å²) in [6.07, 6.45) is 2.17. The molecule has 2 amide bonds. The van der Waals surface area contributed by atoms with Crippen LogP contribution in [0.15, 0.2) is 42.5 Å². The van der Waals surface area contributed by atoms with E-state index in [9.17, 15) is 9.59 Å². The molecule has 5 heteroatoms. The van der Waals surface area contributed by atoms with Crippen LogP contribution >= 0.6 is 11.6 Å². The van der Waals surface area contributed by atoms with E-state index in [2.05, 4.69) is 12.2 Å². The van der Waals surface area contributed by atoms with Crippen molar-refractivity contribution in [3.63, 3.8) is 0 Å². The Hall–Kier alpha value is -2.33. The number of nitrogens with zero attached hydrogens (tertiary/aromatic N) is 1. The number of unbranched alkanes of at least 4 members (excludes halogenated alkanes) is 1. The van der Waals surface area contributed by atoms with Crippen LogP contribution in [0.25, 0.3) is 0 Å². The normalized spacial score (nSPS) is 11.8. The molecule has 4 nitrogen and oxygen atoms in total. The Kier molecular flexibility index (Phi) is 8.71. The number of benzene rings is 2. The zero-order valence-electron chi connectivity index (χ0n) is 17.8. The number of amides is 2. The van der Waals surface area contributed by atoms with Crippen LogP contribution in [0.5, 0.6) is 0 Å². The highest BCUT2D eigenvalue weighted by Gasteiger charge is 2.26. The van der Waals surface area contributed by atoms with Crippen LogP contribution in [-0.2, 0) is 22.6 Å². The lowest BCUT2D eigenvalue weighted by Crippen LogP contribution is -2.48. The Morgan fingerprint density at radius 2 is 1.83 bits per heavy atom. The van der Waals surface area contributed by atoms with Crippen molar-refractivity contribution >= 4 is 23.4 Å². The van der Waals surface area contributed by atoms with E-state index in [4.69, 9.17) is 11.6 Å². The van der Waals surface area contributed by atoms with E-state index >= 15 is 0 Å². The zero-order chi connectivity index (χ0) is 21.4. The largest absolute Gasteiger partial charge is 0.354 e. The van der Waals surface area contributed by atoms with E-state index in [-0.39, 0.29) is 18.2 Å². The Morgan fingerprint density at radius 3 is 2.52 bits per heavy atom. The summed E-state index contributed by atoms with van der Waals surface area (Å²) in [5.41, 5.74) is 4.00. The van der Waals surface area contributed by atoms with E-state index in [1.54, 1.807) is 17.9 Å². The molecule has 0 aliphatic carbocycles. The second-order valence-electron chi connectivity index (χ2n) is 7.54. The van der Waals surface area contributed by atoms with Gasteiger partial charge < -0.3 is 10.2 Å². The topological polar surface area (TPSA) is 49.4 Å². The minimum atomic E-state index is -0.583. The van der Waals surface area contributed by atoms with Gasteiger partial charge >= 0.3 is 0 Å². The number of hydrogen-bond donors (Lipinski definition) is 1. The van der Waals surface area contributed by atoms with Crippen LogP contribution < -0.4 is 5.32 Å². The molecule has 0 aliphatic rings. The fourth-order valence-corrected chi connectivity index (χ4v) is 3.38. The second kappa shape index (κ2) is 11.0. The third-order valence-corrected chi connectivity index (χ3v) is 5.51. The van der Waals surface area contributed by atoms with Crippen molar-refractivity contribution in [1.82, 2.24) is 10.2 Å². The van der Waals surface area contributed by atoms with E-state index in [0.29, 0.717) is 18.1 Å². The average Bonchev–Trinajstić information content (AvgIpc) is 2.69. The molecule has 2 aromatic carbocycles. The minimum absolute atomic E-state index is 0.0863. The predicted molar refractivity (Wildman–Crippen MR) is 119 cm³/mol. The van der Waals surface area contributed by atoms with E-state index < -0.39 is 6.04 Å². The van der Waals surface area contributed by atoms with Gasteiger partial charge in [-0.15, -0.1) is 0 Å². The SMILES string of the molecule is CCCCNC(=O)C(C)N(Cc1ccccc1Cl)C(=O)Cc1cc(C)ccc1C. The summed E-state index contributed by atoms with van der Waals surface area (Å²) < 4.78 is 0. The smallest absolute Gasteiger partial charge is 0.242 e. The third kappa shape index (κ3) is 6.60. The molecule has 156 valence electrons. The molecule has 0 aliphatic heterocycles. The van der Waals surface area contributed by atoms with Crippen LogP contribution in [0.4, 0.5) is 0 Å². The molecule has 0 radical (unpaired) electrons. The van der Waals surface area contributed by atoms with Gasteiger partial charge in [0.15, 0.2) is 0 Å². The van der Waals surface area contributed by atoms with Crippen LogP contribution in [0, 0.1) is 13.8 Å². The molecule has 0 fully saturated rings. The molecule has 1 unspecified atom stereocenters. The minimum Gasteiger partial charge on any atom is -0.354 e. The molecular weight excluding hydrogens is 384 g/mol. The summed E-state index contributed by atoms with van der Waals surface area (Å²) >= 11 is 6.33. The summed E-state index contributed by atoms with van der Waals surface area (Å²) in [6.45, 7) is 8.78. The molecular formula is C24H31ClN2O2. The molecule has 0 heterocycles. The standard InChI is InChI=1S/C24H31ClN2O2/c1-5-6-13-26-24(29)19(4)27(16-20-9-7-8-10-22(20)25)23(28)15-21-14-17(2)11-12-18(21)3/h7-12,14,19H,5-6,13,15-16H2,1-4H3,(H,26,29). The number of nitrogens with one attached hydrogen (secondary N) is 1. The molecule has 0 aromatic heterocycles. The Bertz CT molecular complexity index is 851. The van der Waals surface area contributed by atoms with E-state index in [1.165, 1.54) is 0 Å².